The molecule has 0 bridgehead atoms. The largest absolute Gasteiger partial charge is 0.373 e. The first-order valence-electron chi connectivity index (χ1n) is 6.46. The van der Waals surface area contributed by atoms with Gasteiger partial charge in [0.05, 0.1) is 12.2 Å². The predicted molar refractivity (Wildman–Crippen MR) is 81.4 cm³/mol. The summed E-state index contributed by atoms with van der Waals surface area (Å²) < 4.78 is 26.2. The Morgan fingerprint density at radius 1 is 1.24 bits per heavy atom. The predicted octanol–water partition coefficient (Wildman–Crippen LogP) is 1.65. The third-order valence-electron chi connectivity index (χ3n) is 3.03. The zero-order chi connectivity index (χ0) is 15.5. The van der Waals surface area contributed by atoms with E-state index in [1.54, 1.807) is 19.2 Å². The van der Waals surface area contributed by atoms with Gasteiger partial charge in [-0.2, -0.15) is 4.31 Å². The molecule has 0 spiro atoms. The van der Waals surface area contributed by atoms with E-state index in [1.165, 1.54) is 23.6 Å². The number of nitrogens with zero attached hydrogens (tertiary/aromatic N) is 3. The lowest BCUT2D eigenvalue weighted by atomic mass is 10.3. The van der Waals surface area contributed by atoms with Crippen LogP contribution in [0, 0.1) is 6.92 Å². The van der Waals surface area contributed by atoms with Crippen molar-refractivity contribution in [3.63, 3.8) is 0 Å². The van der Waals surface area contributed by atoms with Crippen molar-refractivity contribution in [1.29, 1.82) is 0 Å². The Morgan fingerprint density at radius 3 is 2.57 bits per heavy atom. The van der Waals surface area contributed by atoms with E-state index in [0.29, 0.717) is 11.5 Å². The molecule has 0 aromatic carbocycles. The molecule has 0 unspecified atom stereocenters. The minimum atomic E-state index is -3.57. The van der Waals surface area contributed by atoms with Crippen molar-refractivity contribution in [1.82, 2.24) is 14.3 Å². The first kappa shape index (κ1) is 15.4. The molecular weight excluding hydrogens is 288 g/mol. The lowest BCUT2D eigenvalue weighted by Crippen LogP contribution is -2.27. The standard InChI is InChI=1S/C14H18N4O2S/c1-11-5-4-6-12(17-11)10-18(3)21(19,20)13-7-8-14(15-2)16-9-13/h4-9H,10H2,1-3H3,(H,15,16). The molecule has 0 aliphatic carbocycles. The van der Waals surface area contributed by atoms with Crippen LogP contribution in [0.1, 0.15) is 11.4 Å². The van der Waals surface area contributed by atoms with Crippen molar-refractivity contribution < 1.29 is 8.42 Å². The lowest BCUT2D eigenvalue weighted by molar-refractivity contribution is 0.461. The summed E-state index contributed by atoms with van der Waals surface area (Å²) in [7, 11) is -0.311. The molecule has 0 saturated carbocycles. The maximum atomic E-state index is 12.5. The molecule has 0 saturated heterocycles. The van der Waals surface area contributed by atoms with Gasteiger partial charge in [-0.1, -0.05) is 6.07 Å². The van der Waals surface area contributed by atoms with Gasteiger partial charge in [-0.05, 0) is 31.2 Å². The first-order chi connectivity index (χ1) is 9.93. The number of hydrogen-bond acceptors (Lipinski definition) is 5. The Bertz CT molecular complexity index is 714. The Labute approximate surface area is 124 Å². The Balaban J connectivity index is 2.21. The van der Waals surface area contributed by atoms with Crippen LogP contribution >= 0.6 is 0 Å². The fourth-order valence-corrected chi connectivity index (χ4v) is 2.95. The van der Waals surface area contributed by atoms with E-state index >= 15 is 0 Å². The smallest absolute Gasteiger partial charge is 0.244 e. The molecule has 0 atom stereocenters. The van der Waals surface area contributed by atoms with Gasteiger partial charge >= 0.3 is 0 Å². The van der Waals surface area contributed by atoms with E-state index < -0.39 is 10.0 Å². The van der Waals surface area contributed by atoms with Crippen molar-refractivity contribution in [2.45, 2.75) is 18.4 Å². The van der Waals surface area contributed by atoms with Crippen molar-refractivity contribution in [3.8, 4) is 0 Å². The molecule has 2 heterocycles. The molecule has 0 fully saturated rings. The lowest BCUT2D eigenvalue weighted by Gasteiger charge is -2.17. The number of aromatic nitrogens is 2. The van der Waals surface area contributed by atoms with E-state index in [2.05, 4.69) is 15.3 Å². The van der Waals surface area contributed by atoms with Crippen LogP contribution in [-0.2, 0) is 16.6 Å². The molecule has 0 aliphatic rings. The summed E-state index contributed by atoms with van der Waals surface area (Å²) in [6, 6.07) is 8.71. The molecule has 7 heteroatoms. The number of pyridine rings is 2. The van der Waals surface area contributed by atoms with Gasteiger partial charge in [0.15, 0.2) is 0 Å². The molecule has 2 aromatic heterocycles. The highest BCUT2D eigenvalue weighted by Crippen LogP contribution is 2.16. The molecule has 1 N–H and O–H groups in total. The third kappa shape index (κ3) is 3.56. The second-order valence-corrected chi connectivity index (χ2v) is 6.71. The average Bonchev–Trinajstić information content (AvgIpc) is 2.47. The number of nitrogens with one attached hydrogen (secondary N) is 1. The van der Waals surface area contributed by atoms with Crippen LogP contribution in [0.4, 0.5) is 5.82 Å². The highest BCUT2D eigenvalue weighted by atomic mass is 32.2. The SMILES string of the molecule is CNc1ccc(S(=O)(=O)N(C)Cc2cccc(C)n2)cn1. The van der Waals surface area contributed by atoms with E-state index in [9.17, 15) is 8.42 Å². The van der Waals surface area contributed by atoms with Gasteiger partial charge in [-0.25, -0.2) is 13.4 Å². The molecule has 2 aromatic rings. The Morgan fingerprint density at radius 2 is 2.00 bits per heavy atom. The van der Waals surface area contributed by atoms with E-state index in [1.807, 2.05) is 19.1 Å². The van der Waals surface area contributed by atoms with Crippen molar-refractivity contribution >= 4 is 15.8 Å². The quantitative estimate of drug-likeness (QED) is 0.909. The number of rotatable bonds is 5. The molecular formula is C14H18N4O2S. The fourth-order valence-electron chi connectivity index (χ4n) is 1.86. The van der Waals surface area contributed by atoms with Gasteiger partial charge in [0.2, 0.25) is 10.0 Å². The minimum absolute atomic E-state index is 0.164. The topological polar surface area (TPSA) is 75.2 Å². The van der Waals surface area contributed by atoms with Crippen molar-refractivity contribution in [2.75, 3.05) is 19.4 Å². The summed E-state index contributed by atoms with van der Waals surface area (Å²) in [4.78, 5) is 8.51. The van der Waals surface area contributed by atoms with Gasteiger partial charge in [0, 0.05) is 26.0 Å². The maximum Gasteiger partial charge on any atom is 0.244 e. The van der Waals surface area contributed by atoms with Crippen LogP contribution in [0.5, 0.6) is 0 Å². The maximum absolute atomic E-state index is 12.5. The highest BCUT2D eigenvalue weighted by Gasteiger charge is 2.21. The van der Waals surface area contributed by atoms with Gasteiger partial charge in [-0.3, -0.25) is 4.98 Å². The van der Waals surface area contributed by atoms with Crippen LogP contribution in [0.3, 0.4) is 0 Å². The molecule has 0 amide bonds. The molecule has 0 radical (unpaired) electrons. The second-order valence-electron chi connectivity index (χ2n) is 4.66. The van der Waals surface area contributed by atoms with E-state index in [-0.39, 0.29) is 11.4 Å². The number of hydrogen-bond donors (Lipinski definition) is 1. The summed E-state index contributed by atoms with van der Waals surface area (Å²) in [5.41, 5.74) is 1.57. The van der Waals surface area contributed by atoms with Crippen molar-refractivity contribution in [3.05, 3.63) is 47.9 Å². The zero-order valence-corrected chi connectivity index (χ0v) is 13.1. The molecule has 2 rings (SSSR count). The highest BCUT2D eigenvalue weighted by molar-refractivity contribution is 7.89. The monoisotopic (exact) mass is 306 g/mol. The summed E-state index contributed by atoms with van der Waals surface area (Å²) in [5.74, 6) is 0.622. The van der Waals surface area contributed by atoms with Gasteiger partial charge in [0.1, 0.15) is 10.7 Å². The number of aryl methyl sites for hydroxylation is 1. The van der Waals surface area contributed by atoms with Crippen LogP contribution in [0.25, 0.3) is 0 Å². The summed E-state index contributed by atoms with van der Waals surface area (Å²) in [6.45, 7) is 2.09. The third-order valence-corrected chi connectivity index (χ3v) is 4.82. The summed E-state index contributed by atoms with van der Waals surface area (Å²) >= 11 is 0. The normalized spacial score (nSPS) is 11.6. The zero-order valence-electron chi connectivity index (χ0n) is 12.2. The Hall–Kier alpha value is -1.99. The summed E-state index contributed by atoms with van der Waals surface area (Å²) in [5, 5.41) is 2.85. The van der Waals surface area contributed by atoms with E-state index in [0.717, 1.165) is 5.69 Å². The van der Waals surface area contributed by atoms with Gasteiger partial charge in [0.25, 0.3) is 0 Å². The van der Waals surface area contributed by atoms with Crippen LogP contribution in [-0.4, -0.2) is 36.8 Å². The molecule has 6 nitrogen and oxygen atoms in total. The van der Waals surface area contributed by atoms with E-state index in [4.69, 9.17) is 0 Å². The van der Waals surface area contributed by atoms with Gasteiger partial charge in [-0.15, -0.1) is 0 Å². The molecule has 21 heavy (non-hydrogen) atoms. The second kappa shape index (κ2) is 6.19. The number of anilines is 1. The van der Waals surface area contributed by atoms with Crippen molar-refractivity contribution in [2.24, 2.45) is 0 Å². The fraction of sp³-hybridized carbons (Fsp3) is 0.286. The molecule has 0 aliphatic heterocycles. The average molecular weight is 306 g/mol. The minimum Gasteiger partial charge on any atom is -0.373 e. The van der Waals surface area contributed by atoms with Crippen LogP contribution < -0.4 is 5.32 Å². The van der Waals surface area contributed by atoms with Crippen LogP contribution in [0.2, 0.25) is 0 Å². The van der Waals surface area contributed by atoms with Gasteiger partial charge < -0.3 is 5.32 Å². The number of sulfonamides is 1. The molecule has 112 valence electrons. The Kier molecular flexibility index (Phi) is 4.54. The summed E-state index contributed by atoms with van der Waals surface area (Å²) in [6.07, 6.45) is 1.35. The van der Waals surface area contributed by atoms with Crippen LogP contribution in [0.15, 0.2) is 41.4 Å². The first-order valence-corrected chi connectivity index (χ1v) is 7.90.